The lowest BCUT2D eigenvalue weighted by molar-refractivity contribution is -0.124. The number of carbonyl (C=O) groups excluding carboxylic acids is 2. The van der Waals surface area contributed by atoms with Gasteiger partial charge in [0.15, 0.2) is 5.78 Å². The Kier molecular flexibility index (Phi) is 3.32. The van der Waals surface area contributed by atoms with E-state index < -0.39 is 10.7 Å². The SMILES string of the molecule is Cc1ccc2c(c1)[C@]1(S[C@@H](C)C(=O)[C@H]1c1ccc(F)cc1)C(=O)N2. The highest BCUT2D eigenvalue weighted by Gasteiger charge is 2.62. The minimum absolute atomic E-state index is 0.0103. The molecule has 0 saturated carbocycles. The van der Waals surface area contributed by atoms with E-state index in [0.717, 1.165) is 16.8 Å². The van der Waals surface area contributed by atoms with E-state index in [-0.39, 0.29) is 22.8 Å². The highest BCUT2D eigenvalue weighted by Crippen LogP contribution is 2.61. The molecule has 122 valence electrons. The van der Waals surface area contributed by atoms with Gasteiger partial charge >= 0.3 is 0 Å². The third-order valence-electron chi connectivity index (χ3n) is 4.82. The summed E-state index contributed by atoms with van der Waals surface area (Å²) in [6.45, 7) is 3.80. The zero-order valence-corrected chi connectivity index (χ0v) is 14.1. The smallest absolute Gasteiger partial charge is 0.246 e. The molecule has 2 aliphatic rings. The van der Waals surface area contributed by atoms with Crippen LogP contribution in [-0.4, -0.2) is 16.9 Å². The summed E-state index contributed by atoms with van der Waals surface area (Å²) in [4.78, 5) is 25.8. The number of nitrogens with one attached hydrogen (secondary N) is 1. The van der Waals surface area contributed by atoms with Crippen LogP contribution in [0.2, 0.25) is 0 Å². The van der Waals surface area contributed by atoms with E-state index in [9.17, 15) is 14.0 Å². The van der Waals surface area contributed by atoms with Gasteiger partial charge in [-0.3, -0.25) is 9.59 Å². The standard InChI is InChI=1S/C19H16FNO2S/c1-10-3-8-15-14(9-10)19(18(23)21-15)16(17(22)11(2)24-19)12-4-6-13(20)7-5-12/h3-9,11,16H,1-2H3,(H,21,23)/t11-,16+,19+/m0/s1. The van der Waals surface area contributed by atoms with E-state index in [2.05, 4.69) is 5.32 Å². The Morgan fingerprint density at radius 3 is 2.54 bits per heavy atom. The molecular weight excluding hydrogens is 325 g/mol. The van der Waals surface area contributed by atoms with Crippen molar-refractivity contribution >= 4 is 29.1 Å². The van der Waals surface area contributed by atoms with E-state index in [1.807, 2.05) is 32.0 Å². The van der Waals surface area contributed by atoms with Gasteiger partial charge < -0.3 is 5.32 Å². The van der Waals surface area contributed by atoms with Crippen molar-refractivity contribution in [2.45, 2.75) is 29.8 Å². The van der Waals surface area contributed by atoms with Gasteiger partial charge in [0.1, 0.15) is 10.6 Å². The third kappa shape index (κ3) is 1.97. The van der Waals surface area contributed by atoms with E-state index in [0.29, 0.717) is 5.56 Å². The molecule has 0 unspecified atom stereocenters. The minimum Gasteiger partial charge on any atom is -0.324 e. The predicted octanol–water partition coefficient (Wildman–Crippen LogP) is 3.77. The molecule has 1 saturated heterocycles. The highest BCUT2D eigenvalue weighted by atomic mass is 32.2. The van der Waals surface area contributed by atoms with Gasteiger partial charge in [-0.15, -0.1) is 11.8 Å². The zero-order valence-electron chi connectivity index (χ0n) is 13.3. The molecule has 3 atom stereocenters. The van der Waals surface area contributed by atoms with Gasteiger partial charge in [0.25, 0.3) is 0 Å². The molecule has 4 rings (SSSR count). The van der Waals surface area contributed by atoms with Gasteiger partial charge in [0.05, 0.1) is 11.2 Å². The van der Waals surface area contributed by atoms with Crippen LogP contribution in [0.15, 0.2) is 42.5 Å². The number of aryl methyl sites for hydroxylation is 1. The molecule has 5 heteroatoms. The van der Waals surface area contributed by atoms with Crippen LogP contribution in [0.1, 0.15) is 29.5 Å². The van der Waals surface area contributed by atoms with Crippen LogP contribution in [0.5, 0.6) is 0 Å². The van der Waals surface area contributed by atoms with Crippen molar-refractivity contribution in [1.82, 2.24) is 0 Å². The number of amides is 1. The zero-order chi connectivity index (χ0) is 17.1. The molecule has 1 fully saturated rings. The lowest BCUT2D eigenvalue weighted by Crippen LogP contribution is -2.36. The normalized spacial score (nSPS) is 28.3. The molecule has 24 heavy (non-hydrogen) atoms. The molecule has 0 radical (unpaired) electrons. The van der Waals surface area contributed by atoms with Crippen LogP contribution in [0, 0.1) is 12.7 Å². The molecule has 2 heterocycles. The Bertz CT molecular complexity index is 864. The van der Waals surface area contributed by atoms with Crippen molar-refractivity contribution in [2.75, 3.05) is 5.32 Å². The summed E-state index contributed by atoms with van der Waals surface area (Å²) in [6.07, 6.45) is 0. The van der Waals surface area contributed by atoms with Crippen LogP contribution in [0.25, 0.3) is 0 Å². The van der Waals surface area contributed by atoms with Crippen molar-refractivity contribution in [3.63, 3.8) is 0 Å². The summed E-state index contributed by atoms with van der Waals surface area (Å²) < 4.78 is 12.3. The van der Waals surface area contributed by atoms with Crippen molar-refractivity contribution < 1.29 is 14.0 Å². The van der Waals surface area contributed by atoms with Gasteiger partial charge in [0, 0.05) is 11.3 Å². The van der Waals surface area contributed by atoms with Crippen molar-refractivity contribution in [3.05, 3.63) is 65.0 Å². The minimum atomic E-state index is -0.977. The van der Waals surface area contributed by atoms with Crippen LogP contribution >= 0.6 is 11.8 Å². The van der Waals surface area contributed by atoms with Crippen LogP contribution < -0.4 is 5.32 Å². The lowest BCUT2D eigenvalue weighted by Gasteiger charge is -2.28. The summed E-state index contributed by atoms with van der Waals surface area (Å²) in [7, 11) is 0. The fourth-order valence-electron chi connectivity index (χ4n) is 3.71. The highest BCUT2D eigenvalue weighted by molar-refractivity contribution is 8.03. The average molecular weight is 341 g/mol. The van der Waals surface area contributed by atoms with Crippen LogP contribution in [0.3, 0.4) is 0 Å². The number of fused-ring (bicyclic) bond motifs is 2. The van der Waals surface area contributed by atoms with E-state index >= 15 is 0 Å². The monoisotopic (exact) mass is 341 g/mol. The number of halogens is 1. The molecular formula is C19H16FNO2S. The number of benzene rings is 2. The summed E-state index contributed by atoms with van der Waals surface area (Å²) in [5.74, 6) is -1.12. The number of carbonyl (C=O) groups is 2. The second-order valence-electron chi connectivity index (χ2n) is 6.39. The largest absolute Gasteiger partial charge is 0.324 e. The Morgan fingerprint density at radius 2 is 1.83 bits per heavy atom. The molecule has 1 amide bonds. The second kappa shape index (κ2) is 5.18. The lowest BCUT2D eigenvalue weighted by atomic mass is 9.78. The first kappa shape index (κ1) is 15.4. The van der Waals surface area contributed by atoms with Crippen molar-refractivity contribution in [1.29, 1.82) is 0 Å². The van der Waals surface area contributed by atoms with E-state index in [4.69, 9.17) is 0 Å². The number of thioether (sulfide) groups is 1. The summed E-state index contributed by atoms with van der Waals surface area (Å²) in [6, 6.07) is 11.7. The van der Waals surface area contributed by atoms with E-state index in [1.54, 1.807) is 12.1 Å². The first-order valence-electron chi connectivity index (χ1n) is 7.83. The number of Topliss-reactive ketones (excluding diaryl/α,β-unsaturated/α-hetero) is 1. The van der Waals surface area contributed by atoms with Gasteiger partial charge in [-0.2, -0.15) is 0 Å². The predicted molar refractivity (Wildman–Crippen MR) is 92.7 cm³/mol. The van der Waals surface area contributed by atoms with Crippen LogP contribution in [0.4, 0.5) is 10.1 Å². The molecule has 2 aromatic rings. The quantitative estimate of drug-likeness (QED) is 0.859. The second-order valence-corrected chi connectivity index (χ2v) is 7.97. The molecule has 0 aliphatic carbocycles. The first-order chi connectivity index (χ1) is 11.4. The first-order valence-corrected chi connectivity index (χ1v) is 8.71. The van der Waals surface area contributed by atoms with Gasteiger partial charge in [0.2, 0.25) is 5.91 Å². The Labute approximate surface area is 143 Å². The molecule has 1 spiro atoms. The van der Waals surface area contributed by atoms with Gasteiger partial charge in [-0.05, 0) is 37.6 Å². The third-order valence-corrected chi connectivity index (χ3v) is 6.42. The number of hydrogen-bond donors (Lipinski definition) is 1. The summed E-state index contributed by atoms with van der Waals surface area (Å²) in [5.41, 5.74) is 3.33. The topological polar surface area (TPSA) is 46.2 Å². The molecule has 3 nitrogen and oxygen atoms in total. The van der Waals surface area contributed by atoms with E-state index in [1.165, 1.54) is 23.9 Å². The number of anilines is 1. The molecule has 2 aromatic carbocycles. The molecule has 0 bridgehead atoms. The number of ketones is 1. The summed E-state index contributed by atoms with van der Waals surface area (Å²) >= 11 is 1.39. The number of hydrogen-bond acceptors (Lipinski definition) is 3. The summed E-state index contributed by atoms with van der Waals surface area (Å²) in [5, 5.41) is 2.63. The Balaban J connectivity index is 1.95. The Morgan fingerprint density at radius 1 is 1.12 bits per heavy atom. The maximum Gasteiger partial charge on any atom is 0.246 e. The fraction of sp³-hybridized carbons (Fsp3) is 0.263. The maximum absolute atomic E-state index is 13.3. The number of rotatable bonds is 1. The maximum atomic E-state index is 13.3. The van der Waals surface area contributed by atoms with Crippen LogP contribution in [-0.2, 0) is 14.3 Å². The molecule has 0 aromatic heterocycles. The molecule has 1 N–H and O–H groups in total. The van der Waals surface area contributed by atoms with Gasteiger partial charge in [-0.1, -0.05) is 29.8 Å². The average Bonchev–Trinajstić information content (AvgIpc) is 2.97. The van der Waals surface area contributed by atoms with Crippen molar-refractivity contribution in [3.8, 4) is 0 Å². The fourth-order valence-corrected chi connectivity index (χ4v) is 5.36. The molecule has 2 aliphatic heterocycles. The van der Waals surface area contributed by atoms with Crippen molar-refractivity contribution in [2.24, 2.45) is 0 Å². The Hall–Kier alpha value is -2.14. The van der Waals surface area contributed by atoms with Gasteiger partial charge in [-0.25, -0.2) is 4.39 Å².